The highest BCUT2D eigenvalue weighted by atomic mass is 32.1. The van der Waals surface area contributed by atoms with Gasteiger partial charge in [0, 0.05) is 19.6 Å². The molecule has 0 radical (unpaired) electrons. The molecule has 2 aromatic rings. The molecule has 100 valence electrons. The molecule has 7 heteroatoms. The van der Waals surface area contributed by atoms with Crippen LogP contribution in [0.3, 0.4) is 0 Å². The standard InChI is InChI=1S/C12H16N6S/c1-2-13-11(19)9-7-15-18-8-14-12(16-10(9)18)17-5-3-4-6-17/h7-8H,2-6H2,1H3,(H,13,19). The Morgan fingerprint density at radius 1 is 1.42 bits per heavy atom. The van der Waals surface area contributed by atoms with Gasteiger partial charge in [-0.15, -0.1) is 0 Å². The third-order valence-electron chi connectivity index (χ3n) is 3.23. The van der Waals surface area contributed by atoms with E-state index >= 15 is 0 Å². The highest BCUT2D eigenvalue weighted by Gasteiger charge is 2.17. The van der Waals surface area contributed by atoms with Crippen LogP contribution in [0.4, 0.5) is 5.95 Å². The summed E-state index contributed by atoms with van der Waals surface area (Å²) >= 11 is 5.34. The van der Waals surface area contributed by atoms with Crippen LogP contribution in [0.5, 0.6) is 0 Å². The Kier molecular flexibility index (Phi) is 3.29. The van der Waals surface area contributed by atoms with Crippen LogP contribution in [-0.4, -0.2) is 44.2 Å². The molecule has 3 rings (SSSR count). The van der Waals surface area contributed by atoms with Crippen molar-refractivity contribution in [2.24, 2.45) is 0 Å². The Morgan fingerprint density at radius 3 is 2.95 bits per heavy atom. The quantitative estimate of drug-likeness (QED) is 0.844. The Bertz CT molecular complexity index is 601. The van der Waals surface area contributed by atoms with E-state index in [0.29, 0.717) is 4.99 Å². The van der Waals surface area contributed by atoms with Gasteiger partial charge in [-0.2, -0.15) is 10.1 Å². The van der Waals surface area contributed by atoms with Gasteiger partial charge in [-0.1, -0.05) is 12.2 Å². The van der Waals surface area contributed by atoms with Crippen molar-refractivity contribution in [2.75, 3.05) is 24.5 Å². The van der Waals surface area contributed by atoms with Crippen molar-refractivity contribution in [3.8, 4) is 0 Å². The molecular weight excluding hydrogens is 260 g/mol. The minimum absolute atomic E-state index is 0.684. The van der Waals surface area contributed by atoms with Crippen LogP contribution < -0.4 is 10.2 Å². The van der Waals surface area contributed by atoms with Crippen LogP contribution in [0, 0.1) is 0 Å². The van der Waals surface area contributed by atoms with Gasteiger partial charge < -0.3 is 10.2 Å². The number of hydrogen-bond donors (Lipinski definition) is 1. The van der Waals surface area contributed by atoms with Crippen molar-refractivity contribution in [3.63, 3.8) is 0 Å². The predicted octanol–water partition coefficient (Wildman–Crippen LogP) is 1.01. The maximum atomic E-state index is 5.34. The molecule has 1 N–H and O–H groups in total. The van der Waals surface area contributed by atoms with Crippen LogP contribution in [0.15, 0.2) is 12.5 Å². The first-order chi connectivity index (χ1) is 9.29. The zero-order valence-electron chi connectivity index (χ0n) is 10.8. The van der Waals surface area contributed by atoms with Crippen LogP contribution >= 0.6 is 12.2 Å². The average molecular weight is 276 g/mol. The van der Waals surface area contributed by atoms with Crippen LogP contribution in [0.2, 0.25) is 0 Å². The van der Waals surface area contributed by atoms with Crippen molar-refractivity contribution in [3.05, 3.63) is 18.1 Å². The van der Waals surface area contributed by atoms with E-state index in [0.717, 1.165) is 36.8 Å². The number of nitrogens with zero attached hydrogens (tertiary/aromatic N) is 5. The average Bonchev–Trinajstić information content (AvgIpc) is 3.07. The lowest BCUT2D eigenvalue weighted by atomic mass is 10.3. The molecule has 0 unspecified atom stereocenters. The summed E-state index contributed by atoms with van der Waals surface area (Å²) in [7, 11) is 0. The number of anilines is 1. The summed E-state index contributed by atoms with van der Waals surface area (Å²) in [5, 5.41) is 7.37. The Balaban J connectivity index is 2.00. The Labute approximate surface area is 116 Å². The summed E-state index contributed by atoms with van der Waals surface area (Å²) in [6.45, 7) is 4.86. The number of thiocarbonyl (C=S) groups is 1. The predicted molar refractivity (Wildman–Crippen MR) is 77.6 cm³/mol. The first kappa shape index (κ1) is 12.3. The van der Waals surface area contributed by atoms with Crippen LogP contribution in [0.25, 0.3) is 5.65 Å². The second kappa shape index (κ2) is 5.08. The normalized spacial score (nSPS) is 15.1. The molecule has 0 atom stereocenters. The maximum absolute atomic E-state index is 5.34. The zero-order valence-corrected chi connectivity index (χ0v) is 11.7. The van der Waals surface area contributed by atoms with Gasteiger partial charge in [0.05, 0.1) is 11.8 Å². The smallest absolute Gasteiger partial charge is 0.228 e. The van der Waals surface area contributed by atoms with Gasteiger partial charge >= 0.3 is 0 Å². The van der Waals surface area contributed by atoms with Gasteiger partial charge in [0.15, 0.2) is 5.65 Å². The van der Waals surface area contributed by atoms with Gasteiger partial charge in [0.1, 0.15) is 11.3 Å². The summed E-state index contributed by atoms with van der Waals surface area (Å²) in [6.07, 6.45) is 5.85. The topological polar surface area (TPSA) is 58.4 Å². The number of nitrogens with one attached hydrogen (secondary N) is 1. The van der Waals surface area contributed by atoms with Gasteiger partial charge in [-0.25, -0.2) is 9.50 Å². The fourth-order valence-corrected chi connectivity index (χ4v) is 2.56. The Morgan fingerprint density at radius 2 is 2.21 bits per heavy atom. The van der Waals surface area contributed by atoms with Gasteiger partial charge in [0.2, 0.25) is 5.95 Å². The molecule has 1 aliphatic heterocycles. The molecule has 1 aliphatic rings. The molecule has 19 heavy (non-hydrogen) atoms. The molecule has 0 aliphatic carbocycles. The summed E-state index contributed by atoms with van der Waals surface area (Å²) in [4.78, 5) is 11.9. The molecule has 3 heterocycles. The maximum Gasteiger partial charge on any atom is 0.228 e. The second-order valence-corrected chi connectivity index (χ2v) is 4.94. The number of rotatable bonds is 3. The van der Waals surface area contributed by atoms with E-state index in [4.69, 9.17) is 12.2 Å². The van der Waals surface area contributed by atoms with E-state index in [1.54, 1.807) is 17.0 Å². The lowest BCUT2D eigenvalue weighted by Gasteiger charge is -2.14. The summed E-state index contributed by atoms with van der Waals surface area (Å²) in [6, 6.07) is 0. The number of fused-ring (bicyclic) bond motifs is 1. The molecule has 0 amide bonds. The monoisotopic (exact) mass is 276 g/mol. The zero-order chi connectivity index (χ0) is 13.2. The lowest BCUT2D eigenvalue weighted by molar-refractivity contribution is 0.843. The van der Waals surface area contributed by atoms with E-state index in [2.05, 4.69) is 25.3 Å². The minimum Gasteiger partial charge on any atom is -0.376 e. The van der Waals surface area contributed by atoms with Gasteiger partial charge in [0.25, 0.3) is 0 Å². The minimum atomic E-state index is 0.684. The molecule has 0 saturated carbocycles. The van der Waals surface area contributed by atoms with Crippen molar-refractivity contribution in [1.29, 1.82) is 0 Å². The molecule has 0 spiro atoms. The lowest BCUT2D eigenvalue weighted by Crippen LogP contribution is -2.23. The van der Waals surface area contributed by atoms with E-state index in [1.807, 2.05) is 6.92 Å². The summed E-state index contributed by atoms with van der Waals surface area (Å²) < 4.78 is 1.67. The van der Waals surface area contributed by atoms with Crippen LogP contribution in [-0.2, 0) is 0 Å². The molecule has 0 aromatic carbocycles. The molecule has 2 aromatic heterocycles. The number of aromatic nitrogens is 4. The number of hydrogen-bond acceptors (Lipinski definition) is 5. The molecular formula is C12H16N6S. The molecule has 0 bridgehead atoms. The third kappa shape index (κ3) is 2.25. The third-order valence-corrected chi connectivity index (χ3v) is 3.59. The summed E-state index contributed by atoms with van der Waals surface area (Å²) in [5.41, 5.74) is 1.63. The van der Waals surface area contributed by atoms with E-state index in [9.17, 15) is 0 Å². The fourth-order valence-electron chi connectivity index (χ4n) is 2.27. The van der Waals surface area contributed by atoms with Crippen molar-refractivity contribution < 1.29 is 0 Å². The molecule has 6 nitrogen and oxygen atoms in total. The SMILES string of the molecule is CCNC(=S)c1cnn2cnc(N3CCCC3)nc12. The van der Waals surface area contributed by atoms with Crippen molar-refractivity contribution in [1.82, 2.24) is 24.9 Å². The van der Waals surface area contributed by atoms with Gasteiger partial charge in [-0.05, 0) is 19.8 Å². The first-order valence-electron chi connectivity index (χ1n) is 6.53. The fraction of sp³-hybridized carbons (Fsp3) is 0.500. The second-order valence-electron chi connectivity index (χ2n) is 4.54. The molecule has 1 fully saturated rings. The highest BCUT2D eigenvalue weighted by molar-refractivity contribution is 7.80. The highest BCUT2D eigenvalue weighted by Crippen LogP contribution is 2.17. The van der Waals surface area contributed by atoms with E-state index in [-0.39, 0.29) is 0 Å². The van der Waals surface area contributed by atoms with Crippen molar-refractivity contribution in [2.45, 2.75) is 19.8 Å². The largest absolute Gasteiger partial charge is 0.376 e. The first-order valence-corrected chi connectivity index (χ1v) is 6.94. The van der Waals surface area contributed by atoms with Crippen LogP contribution in [0.1, 0.15) is 25.3 Å². The summed E-state index contributed by atoms with van der Waals surface area (Å²) in [5.74, 6) is 0.769. The van der Waals surface area contributed by atoms with E-state index < -0.39 is 0 Å². The Hall–Kier alpha value is -1.76. The van der Waals surface area contributed by atoms with Gasteiger partial charge in [-0.3, -0.25) is 0 Å². The van der Waals surface area contributed by atoms with E-state index in [1.165, 1.54) is 12.8 Å². The van der Waals surface area contributed by atoms with Crippen molar-refractivity contribution >= 4 is 28.8 Å². The molecule has 1 saturated heterocycles.